The van der Waals surface area contributed by atoms with E-state index >= 15 is 0 Å². The lowest BCUT2D eigenvalue weighted by molar-refractivity contribution is 0.618. The van der Waals surface area contributed by atoms with Gasteiger partial charge in [0.05, 0.1) is 0 Å². The maximum absolute atomic E-state index is 4.77. The number of rotatable bonds is 7. The third-order valence-electron chi connectivity index (χ3n) is 8.46. The quantitative estimate of drug-likeness (QED) is 0.305. The molecule has 38 heavy (non-hydrogen) atoms. The van der Waals surface area contributed by atoms with Gasteiger partial charge >= 0.3 is 0 Å². The minimum atomic E-state index is 0.232. The number of allylic oxidation sites excluding steroid dienone is 8. The molecule has 2 unspecified atom stereocenters. The van der Waals surface area contributed by atoms with Crippen LogP contribution in [0.4, 0.5) is 0 Å². The van der Waals surface area contributed by atoms with Crippen LogP contribution in [0, 0.1) is 5.92 Å². The highest BCUT2D eigenvalue weighted by Gasteiger charge is 2.42. The summed E-state index contributed by atoms with van der Waals surface area (Å²) in [5, 5.41) is 2.68. The number of hydrogen-bond acceptors (Lipinski definition) is 0. The molecule has 2 atom stereocenters. The molecule has 0 radical (unpaired) electrons. The summed E-state index contributed by atoms with van der Waals surface area (Å²) in [7, 11) is 0. The molecule has 0 nitrogen and oxygen atoms in total. The lowest BCUT2D eigenvalue weighted by Crippen LogP contribution is -2.22. The molecule has 0 heterocycles. The largest absolute Gasteiger partial charge is 0.0955 e. The zero-order chi connectivity index (χ0) is 27.0. The Bertz CT molecular complexity index is 1550. The zero-order valence-corrected chi connectivity index (χ0v) is 23.5. The van der Waals surface area contributed by atoms with Crippen LogP contribution in [0.2, 0.25) is 0 Å². The van der Waals surface area contributed by atoms with Gasteiger partial charge in [0.15, 0.2) is 0 Å². The first-order chi connectivity index (χ1) is 18.3. The summed E-state index contributed by atoms with van der Waals surface area (Å²) >= 11 is 0. The summed E-state index contributed by atoms with van der Waals surface area (Å²) in [6.45, 7) is 22.5. The molecule has 192 valence electrons. The van der Waals surface area contributed by atoms with Crippen molar-refractivity contribution in [2.45, 2.75) is 59.3 Å². The molecule has 2 aliphatic rings. The van der Waals surface area contributed by atoms with Gasteiger partial charge in [-0.3, -0.25) is 0 Å². The fourth-order valence-corrected chi connectivity index (χ4v) is 6.69. The van der Waals surface area contributed by atoms with Crippen LogP contribution in [0.25, 0.3) is 22.4 Å². The van der Waals surface area contributed by atoms with Crippen molar-refractivity contribution in [2.24, 2.45) is 5.92 Å². The Morgan fingerprint density at radius 2 is 1.76 bits per heavy atom. The molecule has 0 aliphatic heterocycles. The van der Waals surface area contributed by atoms with Crippen LogP contribution >= 0.6 is 0 Å². The topological polar surface area (TPSA) is 0 Å². The Labute approximate surface area is 229 Å². The third kappa shape index (κ3) is 4.58. The Morgan fingerprint density at radius 3 is 2.50 bits per heavy atom. The number of fused-ring (bicyclic) bond motifs is 2. The van der Waals surface area contributed by atoms with Crippen molar-refractivity contribution >= 4 is 22.4 Å². The van der Waals surface area contributed by atoms with Gasteiger partial charge in [0.25, 0.3) is 0 Å². The molecule has 0 aromatic heterocycles. The molecular formula is C38H40. The molecule has 0 N–H and O–H groups in total. The van der Waals surface area contributed by atoms with Gasteiger partial charge in [0, 0.05) is 11.8 Å². The van der Waals surface area contributed by atoms with E-state index in [2.05, 4.69) is 114 Å². The first kappa shape index (κ1) is 26.0. The van der Waals surface area contributed by atoms with Crippen molar-refractivity contribution in [1.29, 1.82) is 0 Å². The van der Waals surface area contributed by atoms with E-state index < -0.39 is 0 Å². The SMILES string of the molecule is C=C(CCC)C1=C(C)C=C2CC(=Cc3cccc(C(=C)C)c3)C(=C)C2C1c1c(CC)ccc2ccccc12. The van der Waals surface area contributed by atoms with Crippen LogP contribution in [-0.2, 0) is 6.42 Å². The molecule has 3 aromatic rings. The van der Waals surface area contributed by atoms with Gasteiger partial charge in [-0.2, -0.15) is 0 Å². The molecule has 0 spiro atoms. The van der Waals surface area contributed by atoms with Gasteiger partial charge in [-0.25, -0.2) is 0 Å². The second-order valence-corrected chi connectivity index (χ2v) is 11.1. The van der Waals surface area contributed by atoms with E-state index in [1.807, 2.05) is 0 Å². The Hall–Kier alpha value is -3.64. The van der Waals surface area contributed by atoms with Crippen LogP contribution in [0.5, 0.6) is 0 Å². The van der Waals surface area contributed by atoms with E-state index in [1.54, 1.807) is 0 Å². The van der Waals surface area contributed by atoms with Crippen molar-refractivity contribution < 1.29 is 0 Å². The summed E-state index contributed by atoms with van der Waals surface area (Å²) in [5.41, 5.74) is 14.6. The van der Waals surface area contributed by atoms with Crippen LogP contribution in [0.1, 0.15) is 75.1 Å². The second-order valence-electron chi connectivity index (χ2n) is 11.1. The van der Waals surface area contributed by atoms with Crippen molar-refractivity contribution in [2.75, 3.05) is 0 Å². The molecule has 0 bridgehead atoms. The standard InChI is InChI=1S/C38H40/c1-8-13-25(5)35-26(6)20-33-23-32(22-28-14-12-16-31(21-28)24(3)4)27(7)36(33)38(35)37-29(9-2)18-19-30-15-10-11-17-34(30)37/h10-12,14-22,36,38H,3,5,7-9,13,23H2,1-2,4,6H3. The molecule has 0 amide bonds. The molecule has 5 rings (SSSR count). The lowest BCUT2D eigenvalue weighted by Gasteiger charge is -2.36. The number of benzene rings is 3. The average Bonchev–Trinajstić information content (AvgIpc) is 3.21. The first-order valence-corrected chi connectivity index (χ1v) is 14.1. The fraction of sp³-hybridized carbons (Fsp3) is 0.263. The normalized spacial score (nSPS) is 20.2. The highest BCUT2D eigenvalue weighted by atomic mass is 14.4. The second kappa shape index (κ2) is 10.6. The summed E-state index contributed by atoms with van der Waals surface area (Å²) in [6.07, 6.45) is 8.89. The Balaban J connectivity index is 1.70. The lowest BCUT2D eigenvalue weighted by atomic mass is 9.67. The van der Waals surface area contributed by atoms with Crippen molar-refractivity contribution in [3.05, 3.63) is 142 Å². The summed E-state index contributed by atoms with van der Waals surface area (Å²) < 4.78 is 0. The van der Waals surface area contributed by atoms with Gasteiger partial charge in [0.1, 0.15) is 0 Å². The van der Waals surface area contributed by atoms with Gasteiger partial charge in [-0.1, -0.05) is 123 Å². The maximum Gasteiger partial charge on any atom is 0.0210 e. The zero-order valence-electron chi connectivity index (χ0n) is 23.5. The molecule has 0 saturated heterocycles. The number of aryl methyl sites for hydroxylation is 1. The van der Waals surface area contributed by atoms with Crippen molar-refractivity contribution in [3.63, 3.8) is 0 Å². The Kier molecular flexibility index (Phi) is 7.26. The van der Waals surface area contributed by atoms with Gasteiger partial charge in [-0.05, 0) is 94.5 Å². The summed E-state index contributed by atoms with van der Waals surface area (Å²) in [5.74, 6) is 0.490. The van der Waals surface area contributed by atoms with Crippen molar-refractivity contribution in [1.82, 2.24) is 0 Å². The Morgan fingerprint density at radius 1 is 0.974 bits per heavy atom. The van der Waals surface area contributed by atoms with Crippen LogP contribution < -0.4 is 0 Å². The highest BCUT2D eigenvalue weighted by Crippen LogP contribution is 2.56. The predicted octanol–water partition coefficient (Wildman–Crippen LogP) is 10.8. The van der Waals surface area contributed by atoms with E-state index in [0.29, 0.717) is 0 Å². The van der Waals surface area contributed by atoms with Gasteiger partial charge in [0.2, 0.25) is 0 Å². The van der Waals surface area contributed by atoms with E-state index in [0.717, 1.165) is 31.3 Å². The summed E-state index contributed by atoms with van der Waals surface area (Å²) in [6, 6.07) is 22.2. The van der Waals surface area contributed by atoms with Crippen molar-refractivity contribution in [3.8, 4) is 0 Å². The smallest absolute Gasteiger partial charge is 0.0210 e. The fourth-order valence-electron chi connectivity index (χ4n) is 6.69. The minimum Gasteiger partial charge on any atom is -0.0955 e. The molecular weight excluding hydrogens is 456 g/mol. The molecule has 3 aromatic carbocycles. The first-order valence-electron chi connectivity index (χ1n) is 14.1. The van der Waals surface area contributed by atoms with Crippen LogP contribution in [0.3, 0.4) is 0 Å². The predicted molar refractivity (Wildman–Crippen MR) is 167 cm³/mol. The summed E-state index contributed by atoms with van der Waals surface area (Å²) in [4.78, 5) is 0. The molecule has 1 fully saturated rings. The van der Waals surface area contributed by atoms with E-state index in [4.69, 9.17) is 6.58 Å². The maximum atomic E-state index is 4.77. The monoisotopic (exact) mass is 496 g/mol. The third-order valence-corrected chi connectivity index (χ3v) is 8.46. The van der Waals surface area contributed by atoms with Crippen LogP contribution in [0.15, 0.2) is 120 Å². The number of hydrogen-bond donors (Lipinski definition) is 0. The minimum absolute atomic E-state index is 0.232. The van der Waals surface area contributed by atoms with E-state index in [-0.39, 0.29) is 11.8 Å². The molecule has 0 heteroatoms. The van der Waals surface area contributed by atoms with Gasteiger partial charge < -0.3 is 0 Å². The van der Waals surface area contributed by atoms with Crippen LogP contribution in [-0.4, -0.2) is 0 Å². The van der Waals surface area contributed by atoms with Gasteiger partial charge in [-0.15, -0.1) is 0 Å². The highest BCUT2D eigenvalue weighted by molar-refractivity contribution is 5.89. The average molecular weight is 497 g/mol. The van der Waals surface area contributed by atoms with E-state index in [1.165, 1.54) is 66.5 Å². The molecule has 1 saturated carbocycles. The van der Waals surface area contributed by atoms with E-state index in [9.17, 15) is 0 Å². The molecule has 2 aliphatic carbocycles.